The lowest BCUT2D eigenvalue weighted by Crippen LogP contribution is -2.01. The van der Waals surface area contributed by atoms with Gasteiger partial charge in [-0.05, 0) is 91.5 Å². The SMILES string of the molecule is c1ccc(-c2ccc(-c3ccc(-c4nc(-c5cc(-c6ccccc6)cc(-c6ccccc6)c5)nc(-c5cccc6oc7c(-c8cccc(-c9ccccc9)c8)cccc7c56)n4)cc3)cc2)cc1. The van der Waals surface area contributed by atoms with Crippen molar-refractivity contribution in [3.63, 3.8) is 0 Å². The van der Waals surface area contributed by atoms with Crippen molar-refractivity contribution >= 4 is 21.9 Å². The van der Waals surface area contributed by atoms with Crippen molar-refractivity contribution in [3.05, 3.63) is 249 Å². The van der Waals surface area contributed by atoms with Crippen LogP contribution in [0.5, 0.6) is 0 Å². The molecule has 0 amide bonds. The lowest BCUT2D eigenvalue weighted by molar-refractivity contribution is 0.670. The van der Waals surface area contributed by atoms with Crippen molar-refractivity contribution in [1.82, 2.24) is 15.0 Å². The van der Waals surface area contributed by atoms with Gasteiger partial charge in [-0.3, -0.25) is 0 Å². The first-order chi connectivity index (χ1) is 33.2. The molecular weight excluding hydrogens is 815 g/mol. The molecule has 12 aromatic rings. The molecule has 0 saturated carbocycles. The Balaban J connectivity index is 1.02. The van der Waals surface area contributed by atoms with Crippen molar-refractivity contribution in [3.8, 4) is 101 Å². The maximum Gasteiger partial charge on any atom is 0.164 e. The summed E-state index contributed by atoms with van der Waals surface area (Å²) in [5.74, 6) is 1.73. The summed E-state index contributed by atoms with van der Waals surface area (Å²) in [6.07, 6.45) is 0. The minimum Gasteiger partial charge on any atom is -0.455 e. The van der Waals surface area contributed by atoms with Crippen molar-refractivity contribution in [2.75, 3.05) is 0 Å². The van der Waals surface area contributed by atoms with Crippen molar-refractivity contribution < 1.29 is 4.42 Å². The number of para-hydroxylation sites is 1. The van der Waals surface area contributed by atoms with E-state index in [1.54, 1.807) is 0 Å². The quantitative estimate of drug-likeness (QED) is 0.145. The second-order valence-electron chi connectivity index (χ2n) is 16.8. The van der Waals surface area contributed by atoms with Gasteiger partial charge >= 0.3 is 0 Å². The minimum absolute atomic E-state index is 0.566. The molecule has 0 aliphatic heterocycles. The smallest absolute Gasteiger partial charge is 0.164 e. The van der Waals surface area contributed by atoms with E-state index >= 15 is 0 Å². The maximum absolute atomic E-state index is 6.82. The topological polar surface area (TPSA) is 51.8 Å². The van der Waals surface area contributed by atoms with Crippen LogP contribution in [0.25, 0.3) is 123 Å². The zero-order chi connectivity index (χ0) is 44.5. The third kappa shape index (κ3) is 7.77. The number of aromatic nitrogens is 3. The van der Waals surface area contributed by atoms with Crippen LogP contribution in [-0.2, 0) is 0 Å². The number of fused-ring (bicyclic) bond motifs is 3. The van der Waals surface area contributed by atoms with Gasteiger partial charge in [0.1, 0.15) is 11.2 Å². The normalized spacial score (nSPS) is 11.3. The van der Waals surface area contributed by atoms with Crippen molar-refractivity contribution in [2.45, 2.75) is 0 Å². The Morgan fingerprint density at radius 2 is 0.612 bits per heavy atom. The number of rotatable bonds is 9. The molecule has 4 heteroatoms. The van der Waals surface area contributed by atoms with Crippen LogP contribution in [0.3, 0.4) is 0 Å². The van der Waals surface area contributed by atoms with E-state index in [-0.39, 0.29) is 0 Å². The van der Waals surface area contributed by atoms with E-state index in [2.05, 4.69) is 212 Å². The van der Waals surface area contributed by atoms with Crippen LogP contribution in [-0.4, -0.2) is 15.0 Å². The highest BCUT2D eigenvalue weighted by atomic mass is 16.3. The van der Waals surface area contributed by atoms with E-state index < -0.39 is 0 Å². The number of hydrogen-bond acceptors (Lipinski definition) is 4. The van der Waals surface area contributed by atoms with Gasteiger partial charge in [0, 0.05) is 33.0 Å². The highest BCUT2D eigenvalue weighted by Gasteiger charge is 2.21. The summed E-state index contributed by atoms with van der Waals surface area (Å²) in [6.45, 7) is 0. The van der Waals surface area contributed by atoms with E-state index in [1.807, 2.05) is 36.4 Å². The van der Waals surface area contributed by atoms with Crippen LogP contribution >= 0.6 is 0 Å². The summed E-state index contributed by atoms with van der Waals surface area (Å²) >= 11 is 0. The average molecular weight is 856 g/mol. The van der Waals surface area contributed by atoms with E-state index in [4.69, 9.17) is 19.4 Å². The first kappa shape index (κ1) is 39.6. The van der Waals surface area contributed by atoms with Gasteiger partial charge in [0.05, 0.1) is 0 Å². The molecule has 2 aromatic heterocycles. The molecule has 0 aliphatic carbocycles. The van der Waals surface area contributed by atoms with Gasteiger partial charge in [0.15, 0.2) is 17.5 Å². The molecular formula is C63H41N3O. The summed E-state index contributed by atoms with van der Waals surface area (Å²) in [5.41, 5.74) is 17.7. The van der Waals surface area contributed by atoms with E-state index in [0.29, 0.717) is 17.5 Å². The van der Waals surface area contributed by atoms with E-state index in [9.17, 15) is 0 Å². The fourth-order valence-corrected chi connectivity index (χ4v) is 9.16. The van der Waals surface area contributed by atoms with Gasteiger partial charge in [-0.2, -0.15) is 0 Å². The molecule has 0 spiro atoms. The molecule has 12 rings (SSSR count). The Hall–Kier alpha value is -8.99. The predicted octanol–water partition coefficient (Wildman–Crippen LogP) is 16.8. The van der Waals surface area contributed by atoms with Crippen LogP contribution < -0.4 is 0 Å². The summed E-state index contributed by atoms with van der Waals surface area (Å²) in [6, 6.07) is 87.0. The van der Waals surface area contributed by atoms with E-state index in [0.717, 1.165) is 88.7 Å². The second kappa shape index (κ2) is 17.2. The van der Waals surface area contributed by atoms with Gasteiger partial charge in [-0.25, -0.2) is 15.0 Å². The lowest BCUT2D eigenvalue weighted by atomic mass is 9.95. The average Bonchev–Trinajstić information content (AvgIpc) is 3.81. The summed E-state index contributed by atoms with van der Waals surface area (Å²) < 4.78 is 6.82. The van der Waals surface area contributed by atoms with E-state index in [1.165, 1.54) is 16.7 Å². The fraction of sp³-hybridized carbons (Fsp3) is 0. The Labute approximate surface area is 389 Å². The maximum atomic E-state index is 6.82. The van der Waals surface area contributed by atoms with Crippen molar-refractivity contribution in [2.24, 2.45) is 0 Å². The predicted molar refractivity (Wildman–Crippen MR) is 276 cm³/mol. The lowest BCUT2D eigenvalue weighted by Gasteiger charge is -2.13. The molecule has 0 bridgehead atoms. The molecule has 314 valence electrons. The van der Waals surface area contributed by atoms with Gasteiger partial charge in [0.2, 0.25) is 0 Å². The molecule has 0 unspecified atom stereocenters. The Bertz CT molecular complexity index is 3640. The van der Waals surface area contributed by atoms with Gasteiger partial charge in [-0.15, -0.1) is 0 Å². The van der Waals surface area contributed by atoms with Crippen LogP contribution in [0, 0.1) is 0 Å². The highest BCUT2D eigenvalue weighted by molar-refractivity contribution is 6.15. The molecule has 0 radical (unpaired) electrons. The Morgan fingerprint density at radius 1 is 0.239 bits per heavy atom. The highest BCUT2D eigenvalue weighted by Crippen LogP contribution is 2.42. The van der Waals surface area contributed by atoms with Crippen molar-refractivity contribution in [1.29, 1.82) is 0 Å². The van der Waals surface area contributed by atoms with Crippen LogP contribution in [0.4, 0.5) is 0 Å². The molecule has 2 heterocycles. The third-order valence-electron chi connectivity index (χ3n) is 12.6. The standard InChI is InChI=1S/C63H41N3O/c1-5-16-42(17-6-1)46-30-32-47(33-31-46)48-34-36-49(37-35-48)61-64-62(54-40-52(44-20-9-3-10-21-44)39-53(41-54)45-22-11-4-12-23-45)66-63(65-61)57-28-15-29-58-59(57)56-27-14-26-55(60(56)67-58)51-25-13-24-50(38-51)43-18-7-2-8-19-43/h1-41H. The first-order valence-electron chi connectivity index (χ1n) is 22.6. The number of furan rings is 1. The van der Waals surface area contributed by atoms with Gasteiger partial charge < -0.3 is 4.42 Å². The number of hydrogen-bond donors (Lipinski definition) is 0. The Kier molecular flexibility index (Phi) is 10.2. The summed E-state index contributed by atoms with van der Waals surface area (Å²) in [5, 5.41) is 1.95. The van der Waals surface area contributed by atoms with Gasteiger partial charge in [-0.1, -0.05) is 218 Å². The van der Waals surface area contributed by atoms with Crippen LogP contribution in [0.1, 0.15) is 0 Å². The number of benzene rings is 10. The van der Waals surface area contributed by atoms with Crippen LogP contribution in [0.2, 0.25) is 0 Å². The molecule has 0 N–H and O–H groups in total. The third-order valence-corrected chi connectivity index (χ3v) is 12.6. The van der Waals surface area contributed by atoms with Crippen LogP contribution in [0.15, 0.2) is 253 Å². The molecule has 4 nitrogen and oxygen atoms in total. The van der Waals surface area contributed by atoms with Gasteiger partial charge in [0.25, 0.3) is 0 Å². The summed E-state index contributed by atoms with van der Waals surface area (Å²) in [7, 11) is 0. The Morgan fingerprint density at radius 3 is 1.18 bits per heavy atom. The second-order valence-corrected chi connectivity index (χ2v) is 16.8. The first-order valence-corrected chi connectivity index (χ1v) is 22.6. The zero-order valence-electron chi connectivity index (χ0n) is 36.4. The number of nitrogens with zero attached hydrogens (tertiary/aromatic N) is 3. The zero-order valence-corrected chi connectivity index (χ0v) is 36.4. The molecule has 0 aliphatic rings. The molecule has 0 fully saturated rings. The fourth-order valence-electron chi connectivity index (χ4n) is 9.16. The minimum atomic E-state index is 0.566. The monoisotopic (exact) mass is 855 g/mol. The molecule has 10 aromatic carbocycles. The molecule has 0 saturated heterocycles. The molecule has 0 atom stereocenters. The largest absolute Gasteiger partial charge is 0.455 e. The summed E-state index contributed by atoms with van der Waals surface area (Å²) in [4.78, 5) is 16.0. The molecule has 67 heavy (non-hydrogen) atoms.